The van der Waals surface area contributed by atoms with E-state index in [1.54, 1.807) is 12.4 Å². The number of aromatic amines is 1. The second-order valence-electron chi connectivity index (χ2n) is 7.14. The molecule has 5 nitrogen and oxygen atoms in total. The molecule has 30 heavy (non-hydrogen) atoms. The summed E-state index contributed by atoms with van der Waals surface area (Å²) in [7, 11) is 0. The number of pyridine rings is 2. The van der Waals surface area contributed by atoms with Crippen molar-refractivity contribution in [1.29, 1.82) is 0 Å². The van der Waals surface area contributed by atoms with Gasteiger partial charge in [-0.25, -0.2) is 13.8 Å². The predicted octanol–water partition coefficient (Wildman–Crippen LogP) is 4.57. The number of aryl methyl sites for hydroxylation is 1. The Morgan fingerprint density at radius 1 is 1.10 bits per heavy atom. The average Bonchev–Trinajstić information content (AvgIpc) is 3.10. The molecule has 7 heteroatoms. The highest BCUT2D eigenvalue weighted by molar-refractivity contribution is 5.84. The maximum absolute atomic E-state index is 14.3. The van der Waals surface area contributed by atoms with Crippen LogP contribution in [0.1, 0.15) is 11.1 Å². The van der Waals surface area contributed by atoms with Crippen LogP contribution in [0.3, 0.4) is 0 Å². The lowest BCUT2D eigenvalue weighted by atomic mass is 10.1. The first-order valence-electron chi connectivity index (χ1n) is 9.39. The molecule has 0 amide bonds. The van der Waals surface area contributed by atoms with Crippen molar-refractivity contribution >= 4 is 21.9 Å². The van der Waals surface area contributed by atoms with Crippen LogP contribution in [0.2, 0.25) is 0 Å². The Hall–Kier alpha value is -3.87. The summed E-state index contributed by atoms with van der Waals surface area (Å²) in [5, 5.41) is 0.448. The normalized spacial score (nSPS) is 11.4. The van der Waals surface area contributed by atoms with E-state index >= 15 is 0 Å². The van der Waals surface area contributed by atoms with Gasteiger partial charge in [0.15, 0.2) is 11.6 Å². The second-order valence-corrected chi connectivity index (χ2v) is 7.14. The maximum Gasteiger partial charge on any atom is 0.248 e. The van der Waals surface area contributed by atoms with E-state index < -0.39 is 17.2 Å². The lowest BCUT2D eigenvalue weighted by molar-refractivity contribution is 0.515. The van der Waals surface area contributed by atoms with Crippen molar-refractivity contribution in [1.82, 2.24) is 19.5 Å². The molecule has 0 bridgehead atoms. The smallest absolute Gasteiger partial charge is 0.248 e. The molecule has 0 saturated heterocycles. The molecule has 0 saturated carbocycles. The Morgan fingerprint density at radius 3 is 2.77 bits per heavy atom. The Labute approximate surface area is 169 Å². The van der Waals surface area contributed by atoms with E-state index in [0.29, 0.717) is 16.8 Å². The number of aromatic nitrogens is 4. The molecular formula is C23H16F2N4O. The summed E-state index contributed by atoms with van der Waals surface area (Å²) in [6.45, 7) is 2.22. The standard InChI is InChI=1S/C23H16F2N4O/c1-13-11-26-9-8-15(13)23-27-18-4-2-3-5-19(18)29(23)12-14-10-20(30)28-22-16(14)6-7-17(24)21(22)25/h2-11H,12H2,1H3,(H,28,30). The summed E-state index contributed by atoms with van der Waals surface area (Å²) in [4.78, 5) is 23.5. The second kappa shape index (κ2) is 6.88. The van der Waals surface area contributed by atoms with Crippen LogP contribution in [0.5, 0.6) is 0 Å². The predicted molar refractivity (Wildman–Crippen MR) is 111 cm³/mol. The van der Waals surface area contributed by atoms with E-state index in [9.17, 15) is 13.6 Å². The lowest BCUT2D eigenvalue weighted by Crippen LogP contribution is -2.11. The van der Waals surface area contributed by atoms with E-state index in [1.165, 1.54) is 12.1 Å². The van der Waals surface area contributed by atoms with E-state index in [2.05, 4.69) is 9.97 Å². The third-order valence-corrected chi connectivity index (χ3v) is 5.24. The first kappa shape index (κ1) is 18.2. The number of benzene rings is 2. The van der Waals surface area contributed by atoms with Gasteiger partial charge in [0.25, 0.3) is 0 Å². The van der Waals surface area contributed by atoms with Gasteiger partial charge >= 0.3 is 0 Å². The molecule has 0 aliphatic heterocycles. The maximum atomic E-state index is 14.3. The topological polar surface area (TPSA) is 63.6 Å². The van der Waals surface area contributed by atoms with Gasteiger partial charge in [0.1, 0.15) is 5.82 Å². The monoisotopic (exact) mass is 402 g/mol. The number of hydrogen-bond donors (Lipinski definition) is 1. The van der Waals surface area contributed by atoms with E-state index in [-0.39, 0.29) is 12.1 Å². The fourth-order valence-corrected chi connectivity index (χ4v) is 3.80. The van der Waals surface area contributed by atoms with Crippen LogP contribution in [0, 0.1) is 18.6 Å². The van der Waals surface area contributed by atoms with E-state index in [4.69, 9.17) is 4.98 Å². The van der Waals surface area contributed by atoms with Crippen LogP contribution in [0.4, 0.5) is 8.78 Å². The zero-order valence-corrected chi connectivity index (χ0v) is 16.0. The molecule has 3 aromatic heterocycles. The van der Waals surface area contributed by atoms with Crippen LogP contribution in [-0.4, -0.2) is 19.5 Å². The molecule has 2 aromatic carbocycles. The molecule has 148 valence electrons. The van der Waals surface area contributed by atoms with Crippen molar-refractivity contribution in [3.63, 3.8) is 0 Å². The van der Waals surface area contributed by atoms with Crippen molar-refractivity contribution < 1.29 is 8.78 Å². The Kier molecular flexibility index (Phi) is 4.17. The number of imidazole rings is 1. The Balaban J connectivity index is 1.78. The van der Waals surface area contributed by atoms with E-state index in [1.807, 2.05) is 41.8 Å². The average molecular weight is 402 g/mol. The molecule has 0 aliphatic carbocycles. The van der Waals surface area contributed by atoms with E-state index in [0.717, 1.165) is 28.2 Å². The number of nitrogens with zero attached hydrogens (tertiary/aromatic N) is 3. The van der Waals surface area contributed by atoms with Gasteiger partial charge in [0, 0.05) is 29.4 Å². The number of rotatable bonds is 3. The van der Waals surface area contributed by atoms with Gasteiger partial charge in [0.05, 0.1) is 23.1 Å². The number of halogens is 2. The van der Waals surface area contributed by atoms with Crippen molar-refractivity contribution in [3.8, 4) is 11.4 Å². The molecule has 5 rings (SSSR count). The molecule has 3 heterocycles. The fourth-order valence-electron chi connectivity index (χ4n) is 3.80. The van der Waals surface area contributed by atoms with Crippen molar-refractivity contribution in [2.45, 2.75) is 13.5 Å². The minimum absolute atomic E-state index is 0.136. The minimum atomic E-state index is -1.06. The number of H-pyrrole nitrogens is 1. The zero-order valence-electron chi connectivity index (χ0n) is 16.0. The number of nitrogens with one attached hydrogen (secondary N) is 1. The van der Waals surface area contributed by atoms with Crippen LogP contribution in [0.15, 0.2) is 65.7 Å². The highest BCUT2D eigenvalue weighted by Gasteiger charge is 2.17. The highest BCUT2D eigenvalue weighted by Crippen LogP contribution is 2.29. The van der Waals surface area contributed by atoms with Gasteiger partial charge < -0.3 is 9.55 Å². The molecule has 1 N–H and O–H groups in total. The van der Waals surface area contributed by atoms with Crippen molar-refractivity contribution in [3.05, 3.63) is 94.0 Å². The van der Waals surface area contributed by atoms with Gasteiger partial charge in [-0.2, -0.15) is 0 Å². The van der Waals surface area contributed by atoms with Gasteiger partial charge in [-0.3, -0.25) is 9.78 Å². The third-order valence-electron chi connectivity index (χ3n) is 5.24. The lowest BCUT2D eigenvalue weighted by Gasteiger charge is -2.13. The molecule has 0 unspecified atom stereocenters. The molecule has 0 fully saturated rings. The molecule has 0 atom stereocenters. The first-order valence-corrected chi connectivity index (χ1v) is 9.39. The SMILES string of the molecule is Cc1cnccc1-c1nc2ccccc2n1Cc1cc(=O)[nH]c2c(F)c(F)ccc12. The van der Waals surface area contributed by atoms with Crippen LogP contribution < -0.4 is 5.56 Å². The summed E-state index contributed by atoms with van der Waals surface area (Å²) in [5.41, 5.74) is 3.49. The van der Waals surface area contributed by atoms with Crippen LogP contribution in [-0.2, 0) is 6.54 Å². The van der Waals surface area contributed by atoms with Crippen LogP contribution in [0.25, 0.3) is 33.3 Å². The van der Waals surface area contributed by atoms with Gasteiger partial charge in [0.2, 0.25) is 5.56 Å². The quantitative estimate of drug-likeness (QED) is 0.481. The van der Waals surface area contributed by atoms with Crippen molar-refractivity contribution in [2.24, 2.45) is 0 Å². The number of fused-ring (bicyclic) bond motifs is 2. The van der Waals surface area contributed by atoms with Gasteiger partial charge in [-0.05, 0) is 48.4 Å². The summed E-state index contributed by atoms with van der Waals surface area (Å²) in [6, 6.07) is 13.5. The molecule has 0 aliphatic rings. The largest absolute Gasteiger partial charge is 0.319 e. The number of para-hydroxylation sites is 2. The highest BCUT2D eigenvalue weighted by atomic mass is 19.2. The Morgan fingerprint density at radius 2 is 1.93 bits per heavy atom. The minimum Gasteiger partial charge on any atom is -0.319 e. The summed E-state index contributed by atoms with van der Waals surface area (Å²) in [5.74, 6) is -1.35. The molecule has 0 spiro atoms. The van der Waals surface area contributed by atoms with Crippen molar-refractivity contribution in [2.75, 3.05) is 0 Å². The van der Waals surface area contributed by atoms with Crippen LogP contribution >= 0.6 is 0 Å². The van der Waals surface area contributed by atoms with Gasteiger partial charge in [-0.1, -0.05) is 12.1 Å². The first-order chi connectivity index (χ1) is 14.5. The summed E-state index contributed by atoms with van der Waals surface area (Å²) < 4.78 is 30.0. The fraction of sp³-hybridized carbons (Fsp3) is 0.0870. The Bertz CT molecular complexity index is 1490. The zero-order chi connectivity index (χ0) is 20.8. The molecule has 5 aromatic rings. The third kappa shape index (κ3) is 2.86. The number of hydrogen-bond acceptors (Lipinski definition) is 3. The summed E-state index contributed by atoms with van der Waals surface area (Å²) >= 11 is 0. The summed E-state index contributed by atoms with van der Waals surface area (Å²) in [6.07, 6.45) is 3.46. The molecule has 0 radical (unpaired) electrons. The molecular weight excluding hydrogens is 386 g/mol. The van der Waals surface area contributed by atoms with Gasteiger partial charge in [-0.15, -0.1) is 0 Å².